The van der Waals surface area contributed by atoms with Crippen molar-refractivity contribution in [3.05, 3.63) is 12.2 Å². The van der Waals surface area contributed by atoms with Gasteiger partial charge in [-0.15, -0.1) is 0 Å². The number of hydrogen-bond acceptors (Lipinski definition) is 2. The second kappa shape index (κ2) is 2.95. The summed E-state index contributed by atoms with van der Waals surface area (Å²) in [5.74, 6) is 0. The molecule has 0 N–H and O–H groups in total. The van der Waals surface area contributed by atoms with Crippen LogP contribution in [0, 0.1) is 0 Å². The standard InChI is InChI=1S/C9H17NO/c1-9(2)6-5-8(11-9)7-10(3)4/h5-6,8H,7H2,1-4H3. The third kappa shape index (κ3) is 2.64. The Labute approximate surface area is 68.8 Å². The summed E-state index contributed by atoms with van der Waals surface area (Å²) in [6.45, 7) is 5.14. The molecule has 1 atom stereocenters. The lowest BCUT2D eigenvalue weighted by Crippen LogP contribution is -2.29. The minimum Gasteiger partial charge on any atom is -0.363 e. The highest BCUT2D eigenvalue weighted by Crippen LogP contribution is 2.21. The van der Waals surface area contributed by atoms with Crippen molar-refractivity contribution >= 4 is 0 Å². The van der Waals surface area contributed by atoms with Crippen LogP contribution in [-0.2, 0) is 4.74 Å². The van der Waals surface area contributed by atoms with E-state index in [0.717, 1.165) is 6.54 Å². The fourth-order valence-corrected chi connectivity index (χ4v) is 1.27. The Bertz CT molecular complexity index is 161. The summed E-state index contributed by atoms with van der Waals surface area (Å²) in [6, 6.07) is 0. The maximum absolute atomic E-state index is 5.71. The fourth-order valence-electron chi connectivity index (χ4n) is 1.27. The van der Waals surface area contributed by atoms with E-state index in [-0.39, 0.29) is 11.7 Å². The van der Waals surface area contributed by atoms with Crippen molar-refractivity contribution in [1.29, 1.82) is 0 Å². The van der Waals surface area contributed by atoms with Crippen molar-refractivity contribution < 1.29 is 4.74 Å². The molecule has 0 aromatic rings. The van der Waals surface area contributed by atoms with Gasteiger partial charge < -0.3 is 9.64 Å². The molecule has 1 aliphatic rings. The third-order valence-electron chi connectivity index (χ3n) is 1.71. The summed E-state index contributed by atoms with van der Waals surface area (Å²) < 4.78 is 5.71. The summed E-state index contributed by atoms with van der Waals surface area (Å²) in [7, 11) is 4.12. The highest BCUT2D eigenvalue weighted by atomic mass is 16.5. The van der Waals surface area contributed by atoms with Crippen molar-refractivity contribution in [1.82, 2.24) is 4.90 Å². The molecule has 2 nitrogen and oxygen atoms in total. The van der Waals surface area contributed by atoms with Gasteiger partial charge in [-0.05, 0) is 27.9 Å². The molecular weight excluding hydrogens is 138 g/mol. The number of ether oxygens (including phenoxy) is 1. The summed E-state index contributed by atoms with van der Waals surface area (Å²) in [4.78, 5) is 2.14. The van der Waals surface area contributed by atoms with Gasteiger partial charge in [-0.3, -0.25) is 0 Å². The van der Waals surface area contributed by atoms with E-state index in [9.17, 15) is 0 Å². The van der Waals surface area contributed by atoms with E-state index in [2.05, 4.69) is 45.0 Å². The zero-order valence-electron chi connectivity index (χ0n) is 7.79. The van der Waals surface area contributed by atoms with Gasteiger partial charge >= 0.3 is 0 Å². The van der Waals surface area contributed by atoms with E-state index in [0.29, 0.717) is 0 Å². The molecule has 0 saturated carbocycles. The van der Waals surface area contributed by atoms with Crippen LogP contribution in [0.3, 0.4) is 0 Å². The van der Waals surface area contributed by atoms with Gasteiger partial charge in [0, 0.05) is 6.54 Å². The quantitative estimate of drug-likeness (QED) is 0.557. The van der Waals surface area contributed by atoms with Crippen molar-refractivity contribution in [3.8, 4) is 0 Å². The van der Waals surface area contributed by atoms with Crippen molar-refractivity contribution in [3.63, 3.8) is 0 Å². The molecule has 64 valence electrons. The van der Waals surface area contributed by atoms with Gasteiger partial charge in [0.15, 0.2) is 0 Å². The lowest BCUT2D eigenvalue weighted by Gasteiger charge is -2.21. The lowest BCUT2D eigenvalue weighted by atomic mass is 10.1. The van der Waals surface area contributed by atoms with Crippen LogP contribution >= 0.6 is 0 Å². The maximum Gasteiger partial charge on any atom is 0.0895 e. The Morgan fingerprint density at radius 3 is 2.45 bits per heavy atom. The predicted octanol–water partition coefficient (Wildman–Crippen LogP) is 1.28. The number of nitrogens with zero attached hydrogens (tertiary/aromatic N) is 1. The van der Waals surface area contributed by atoms with Crippen LogP contribution in [0.25, 0.3) is 0 Å². The van der Waals surface area contributed by atoms with E-state index >= 15 is 0 Å². The Morgan fingerprint density at radius 2 is 2.09 bits per heavy atom. The Morgan fingerprint density at radius 1 is 1.45 bits per heavy atom. The van der Waals surface area contributed by atoms with Gasteiger partial charge in [0.25, 0.3) is 0 Å². The molecule has 0 aromatic carbocycles. The molecule has 0 amide bonds. The molecule has 0 bridgehead atoms. The molecule has 0 aliphatic carbocycles. The van der Waals surface area contributed by atoms with Crippen LogP contribution < -0.4 is 0 Å². The molecule has 1 aliphatic heterocycles. The molecule has 0 aromatic heterocycles. The van der Waals surface area contributed by atoms with E-state index in [1.807, 2.05) is 0 Å². The van der Waals surface area contributed by atoms with E-state index in [4.69, 9.17) is 4.74 Å². The normalized spacial score (nSPS) is 28.3. The van der Waals surface area contributed by atoms with Gasteiger partial charge in [-0.2, -0.15) is 0 Å². The van der Waals surface area contributed by atoms with Gasteiger partial charge in [0.05, 0.1) is 11.7 Å². The summed E-state index contributed by atoms with van der Waals surface area (Å²) >= 11 is 0. The van der Waals surface area contributed by atoms with Gasteiger partial charge in [-0.1, -0.05) is 12.2 Å². The van der Waals surface area contributed by atoms with Crippen molar-refractivity contribution in [2.24, 2.45) is 0 Å². The first kappa shape index (κ1) is 8.75. The lowest BCUT2D eigenvalue weighted by molar-refractivity contribution is -0.00771. The molecule has 11 heavy (non-hydrogen) atoms. The largest absolute Gasteiger partial charge is 0.363 e. The van der Waals surface area contributed by atoms with E-state index in [1.54, 1.807) is 0 Å². The molecule has 1 unspecified atom stereocenters. The molecule has 0 saturated heterocycles. The van der Waals surface area contributed by atoms with Crippen LogP contribution in [-0.4, -0.2) is 37.2 Å². The van der Waals surface area contributed by atoms with Crippen molar-refractivity contribution in [2.45, 2.75) is 25.6 Å². The minimum atomic E-state index is -0.0549. The first-order valence-electron chi connectivity index (χ1n) is 4.01. The average Bonchev–Trinajstić information content (AvgIpc) is 2.08. The Kier molecular flexibility index (Phi) is 2.35. The van der Waals surface area contributed by atoms with Crippen LogP contribution in [0.1, 0.15) is 13.8 Å². The molecule has 1 heterocycles. The zero-order valence-corrected chi connectivity index (χ0v) is 7.79. The third-order valence-corrected chi connectivity index (χ3v) is 1.71. The highest BCUT2D eigenvalue weighted by molar-refractivity contribution is 5.08. The van der Waals surface area contributed by atoms with E-state index in [1.165, 1.54) is 0 Å². The smallest absolute Gasteiger partial charge is 0.0895 e. The Balaban J connectivity index is 2.38. The minimum absolute atomic E-state index is 0.0549. The van der Waals surface area contributed by atoms with Crippen LogP contribution in [0.2, 0.25) is 0 Å². The number of likely N-dealkylation sites (N-methyl/N-ethyl adjacent to an activating group) is 1. The number of rotatable bonds is 2. The van der Waals surface area contributed by atoms with Gasteiger partial charge in [0.1, 0.15) is 0 Å². The predicted molar refractivity (Wildman–Crippen MR) is 46.6 cm³/mol. The SMILES string of the molecule is CN(C)CC1C=CC(C)(C)O1. The second-order valence-corrected chi connectivity index (χ2v) is 3.88. The topological polar surface area (TPSA) is 12.5 Å². The molecule has 0 spiro atoms. The molecule has 0 fully saturated rings. The molecule has 0 radical (unpaired) electrons. The first-order chi connectivity index (χ1) is 4.99. The van der Waals surface area contributed by atoms with Crippen LogP contribution in [0.15, 0.2) is 12.2 Å². The van der Waals surface area contributed by atoms with Gasteiger partial charge in [-0.25, -0.2) is 0 Å². The Hall–Kier alpha value is -0.340. The molecular formula is C9H17NO. The van der Waals surface area contributed by atoms with E-state index < -0.39 is 0 Å². The zero-order chi connectivity index (χ0) is 8.48. The fraction of sp³-hybridized carbons (Fsp3) is 0.778. The monoisotopic (exact) mass is 155 g/mol. The van der Waals surface area contributed by atoms with Gasteiger partial charge in [0.2, 0.25) is 0 Å². The van der Waals surface area contributed by atoms with Crippen LogP contribution in [0.4, 0.5) is 0 Å². The second-order valence-electron chi connectivity index (χ2n) is 3.88. The average molecular weight is 155 g/mol. The van der Waals surface area contributed by atoms with Crippen LogP contribution in [0.5, 0.6) is 0 Å². The summed E-state index contributed by atoms with van der Waals surface area (Å²) in [5, 5.41) is 0. The summed E-state index contributed by atoms with van der Waals surface area (Å²) in [6.07, 6.45) is 4.54. The van der Waals surface area contributed by atoms with Crippen molar-refractivity contribution in [2.75, 3.05) is 20.6 Å². The molecule has 2 heteroatoms. The number of hydrogen-bond donors (Lipinski definition) is 0. The first-order valence-corrected chi connectivity index (χ1v) is 4.01. The maximum atomic E-state index is 5.71. The highest BCUT2D eigenvalue weighted by Gasteiger charge is 2.25. The molecule has 1 rings (SSSR count). The summed E-state index contributed by atoms with van der Waals surface area (Å²) in [5.41, 5.74) is -0.0549.